The molecule has 0 N–H and O–H groups in total. The fourth-order valence-corrected chi connectivity index (χ4v) is 1.09. The lowest BCUT2D eigenvalue weighted by Crippen LogP contribution is -1.73. The predicted octanol–water partition coefficient (Wildman–Crippen LogP) is 2.32. The van der Waals surface area contributed by atoms with Gasteiger partial charge in [0.25, 0.3) is 0 Å². The van der Waals surface area contributed by atoms with Crippen LogP contribution in [0.2, 0.25) is 0 Å². The molecule has 1 heterocycles. The summed E-state index contributed by atoms with van der Waals surface area (Å²) < 4.78 is 4.88. The van der Waals surface area contributed by atoms with Crippen molar-refractivity contribution in [1.82, 2.24) is 5.16 Å². The average molecular weight is 169 g/mol. The summed E-state index contributed by atoms with van der Waals surface area (Å²) in [6.45, 7) is 0. The number of rotatable bonds is 1. The monoisotopic (exact) mass is 169 g/mol. The molecule has 1 aromatic heterocycles. The van der Waals surface area contributed by atoms with Crippen LogP contribution in [0.25, 0.3) is 11.3 Å². The molecular weight excluding hydrogens is 162 g/mol. The highest BCUT2D eigenvalue weighted by Crippen LogP contribution is 2.17. The van der Waals surface area contributed by atoms with Crippen LogP contribution < -0.4 is 0 Å². The second-order valence-electron chi connectivity index (χ2n) is 2.59. The summed E-state index contributed by atoms with van der Waals surface area (Å²) in [6, 6.07) is 11.5. The molecule has 0 spiro atoms. The molecule has 0 amide bonds. The van der Waals surface area contributed by atoms with Crippen molar-refractivity contribution in [3.8, 4) is 23.6 Å². The van der Waals surface area contributed by atoms with Gasteiger partial charge in [0, 0.05) is 11.6 Å². The Kier molecular flexibility index (Phi) is 1.85. The first kappa shape index (κ1) is 7.63. The number of terminal acetylenes is 1. The SMILES string of the molecule is C#Cc1cc(-c2ccccc2)no1. The van der Waals surface area contributed by atoms with E-state index in [0.717, 1.165) is 11.3 Å². The molecule has 0 atom stereocenters. The highest BCUT2D eigenvalue weighted by molar-refractivity contribution is 5.59. The molecule has 2 rings (SSSR count). The molecule has 0 aliphatic carbocycles. The van der Waals surface area contributed by atoms with Crippen molar-refractivity contribution < 1.29 is 4.52 Å². The Bertz CT molecular complexity index is 437. The molecule has 2 aromatic rings. The number of benzene rings is 1. The van der Waals surface area contributed by atoms with E-state index in [1.807, 2.05) is 30.3 Å². The first-order valence-electron chi connectivity index (χ1n) is 3.89. The average Bonchev–Trinajstić information content (AvgIpc) is 2.67. The summed E-state index contributed by atoms with van der Waals surface area (Å²) in [7, 11) is 0. The normalized spacial score (nSPS) is 9.46. The van der Waals surface area contributed by atoms with Crippen LogP contribution in [0.4, 0.5) is 0 Å². The van der Waals surface area contributed by atoms with Crippen LogP contribution in [0.1, 0.15) is 5.76 Å². The van der Waals surface area contributed by atoms with Gasteiger partial charge in [-0.05, 0) is 5.92 Å². The first-order chi connectivity index (χ1) is 6.40. The van der Waals surface area contributed by atoms with Gasteiger partial charge in [0.05, 0.1) is 0 Å². The zero-order valence-corrected chi connectivity index (χ0v) is 6.90. The maximum Gasteiger partial charge on any atom is 0.210 e. The zero-order valence-electron chi connectivity index (χ0n) is 6.90. The number of hydrogen-bond donors (Lipinski definition) is 0. The van der Waals surface area contributed by atoms with Gasteiger partial charge < -0.3 is 4.52 Å². The smallest absolute Gasteiger partial charge is 0.210 e. The summed E-state index contributed by atoms with van der Waals surface area (Å²) in [6.07, 6.45) is 5.16. The number of hydrogen-bond acceptors (Lipinski definition) is 2. The van der Waals surface area contributed by atoms with E-state index in [2.05, 4.69) is 11.1 Å². The van der Waals surface area contributed by atoms with E-state index in [1.54, 1.807) is 6.07 Å². The maximum absolute atomic E-state index is 5.16. The third kappa shape index (κ3) is 1.45. The van der Waals surface area contributed by atoms with Crippen molar-refractivity contribution in [1.29, 1.82) is 0 Å². The second-order valence-corrected chi connectivity index (χ2v) is 2.59. The van der Waals surface area contributed by atoms with Gasteiger partial charge in [-0.25, -0.2) is 0 Å². The molecule has 0 fully saturated rings. The van der Waals surface area contributed by atoms with Crippen molar-refractivity contribution in [3.63, 3.8) is 0 Å². The summed E-state index contributed by atoms with van der Waals surface area (Å²) in [5.74, 6) is 2.85. The van der Waals surface area contributed by atoms with E-state index < -0.39 is 0 Å². The Morgan fingerprint density at radius 2 is 2.00 bits per heavy atom. The quantitative estimate of drug-likeness (QED) is 0.612. The minimum atomic E-state index is 0.457. The Morgan fingerprint density at radius 1 is 1.23 bits per heavy atom. The molecule has 2 nitrogen and oxygen atoms in total. The summed E-state index contributed by atoms with van der Waals surface area (Å²) in [5, 5.41) is 3.84. The lowest BCUT2D eigenvalue weighted by atomic mass is 10.1. The lowest BCUT2D eigenvalue weighted by molar-refractivity contribution is 0.413. The summed E-state index contributed by atoms with van der Waals surface area (Å²) >= 11 is 0. The zero-order chi connectivity index (χ0) is 9.10. The van der Waals surface area contributed by atoms with Crippen molar-refractivity contribution in [2.45, 2.75) is 0 Å². The van der Waals surface area contributed by atoms with Crippen LogP contribution in [-0.2, 0) is 0 Å². The summed E-state index contributed by atoms with van der Waals surface area (Å²) in [5.41, 5.74) is 1.78. The van der Waals surface area contributed by atoms with E-state index in [4.69, 9.17) is 10.9 Å². The van der Waals surface area contributed by atoms with Gasteiger partial charge in [-0.15, -0.1) is 6.42 Å². The van der Waals surface area contributed by atoms with E-state index >= 15 is 0 Å². The van der Waals surface area contributed by atoms with Crippen molar-refractivity contribution in [2.24, 2.45) is 0 Å². The van der Waals surface area contributed by atoms with Crippen molar-refractivity contribution in [3.05, 3.63) is 42.2 Å². The second kappa shape index (κ2) is 3.16. The van der Waals surface area contributed by atoms with Crippen LogP contribution >= 0.6 is 0 Å². The van der Waals surface area contributed by atoms with Crippen LogP contribution in [0.3, 0.4) is 0 Å². The van der Waals surface area contributed by atoms with Crippen LogP contribution in [0.15, 0.2) is 40.9 Å². The molecule has 0 aliphatic heterocycles. The molecule has 2 heteroatoms. The first-order valence-corrected chi connectivity index (χ1v) is 3.89. The van der Waals surface area contributed by atoms with E-state index in [1.165, 1.54) is 0 Å². The van der Waals surface area contributed by atoms with E-state index in [9.17, 15) is 0 Å². The topological polar surface area (TPSA) is 26.0 Å². The Hall–Kier alpha value is -2.01. The third-order valence-corrected chi connectivity index (χ3v) is 1.72. The standard InChI is InChI=1S/C11H7NO/c1-2-10-8-11(12-13-10)9-6-4-3-5-7-9/h1,3-8H. The molecule has 13 heavy (non-hydrogen) atoms. The molecule has 0 radical (unpaired) electrons. The van der Waals surface area contributed by atoms with Gasteiger partial charge in [0.15, 0.2) is 0 Å². The number of nitrogens with zero attached hydrogens (tertiary/aromatic N) is 1. The van der Waals surface area contributed by atoms with Crippen LogP contribution in [0.5, 0.6) is 0 Å². The van der Waals surface area contributed by atoms with Gasteiger partial charge in [0.1, 0.15) is 5.69 Å². The fraction of sp³-hybridized carbons (Fsp3) is 0. The molecule has 62 valence electrons. The molecule has 0 unspecified atom stereocenters. The lowest BCUT2D eigenvalue weighted by Gasteiger charge is -1.90. The molecule has 0 aliphatic rings. The van der Waals surface area contributed by atoms with Gasteiger partial charge in [0.2, 0.25) is 5.76 Å². The largest absolute Gasteiger partial charge is 0.347 e. The molecular formula is C11H7NO. The van der Waals surface area contributed by atoms with Gasteiger partial charge in [-0.1, -0.05) is 35.5 Å². The fourth-order valence-electron chi connectivity index (χ4n) is 1.09. The van der Waals surface area contributed by atoms with Gasteiger partial charge >= 0.3 is 0 Å². The van der Waals surface area contributed by atoms with Crippen molar-refractivity contribution in [2.75, 3.05) is 0 Å². The molecule has 0 bridgehead atoms. The molecule has 0 saturated heterocycles. The van der Waals surface area contributed by atoms with Gasteiger partial charge in [-0.2, -0.15) is 0 Å². The number of aromatic nitrogens is 1. The minimum Gasteiger partial charge on any atom is -0.347 e. The Morgan fingerprint density at radius 3 is 2.62 bits per heavy atom. The van der Waals surface area contributed by atoms with E-state index in [0.29, 0.717) is 5.76 Å². The van der Waals surface area contributed by atoms with Gasteiger partial charge in [-0.3, -0.25) is 0 Å². The predicted molar refractivity (Wildman–Crippen MR) is 49.9 cm³/mol. The molecule has 0 saturated carbocycles. The van der Waals surface area contributed by atoms with Crippen LogP contribution in [0, 0.1) is 12.3 Å². The minimum absolute atomic E-state index is 0.457. The highest BCUT2D eigenvalue weighted by Gasteiger charge is 2.02. The highest BCUT2D eigenvalue weighted by atomic mass is 16.5. The van der Waals surface area contributed by atoms with Crippen molar-refractivity contribution >= 4 is 0 Å². The van der Waals surface area contributed by atoms with Crippen LogP contribution in [-0.4, -0.2) is 5.16 Å². The van der Waals surface area contributed by atoms with E-state index in [-0.39, 0.29) is 0 Å². The maximum atomic E-state index is 5.16. The third-order valence-electron chi connectivity index (χ3n) is 1.72. The Balaban J connectivity index is 2.43. The Labute approximate surface area is 76.2 Å². The summed E-state index contributed by atoms with van der Waals surface area (Å²) in [4.78, 5) is 0. The molecule has 1 aromatic carbocycles.